The SMILES string of the molecule is CCOC(=O)CCC(COc1ccc(Oc2ccc(Cl)cc2)cc1)N1CCCC1. The van der Waals surface area contributed by atoms with E-state index >= 15 is 0 Å². The fourth-order valence-electron chi connectivity index (χ4n) is 3.43. The number of likely N-dealkylation sites (tertiary alicyclic amines) is 1. The lowest BCUT2D eigenvalue weighted by molar-refractivity contribution is -0.143. The molecule has 1 aliphatic heterocycles. The van der Waals surface area contributed by atoms with Gasteiger partial charge >= 0.3 is 5.97 Å². The molecular weight excluding hydrogens is 390 g/mol. The van der Waals surface area contributed by atoms with Gasteiger partial charge in [-0.05, 0) is 87.8 Å². The Labute approximate surface area is 177 Å². The second kappa shape index (κ2) is 11.1. The third kappa shape index (κ3) is 6.94. The number of ether oxygens (including phenoxy) is 3. The summed E-state index contributed by atoms with van der Waals surface area (Å²) in [6, 6.07) is 15.0. The van der Waals surface area contributed by atoms with Gasteiger partial charge < -0.3 is 14.2 Å². The van der Waals surface area contributed by atoms with Crippen molar-refractivity contribution >= 4 is 17.6 Å². The highest BCUT2D eigenvalue weighted by Gasteiger charge is 2.23. The number of halogens is 1. The van der Waals surface area contributed by atoms with Gasteiger partial charge in [-0.3, -0.25) is 9.69 Å². The smallest absolute Gasteiger partial charge is 0.305 e. The van der Waals surface area contributed by atoms with Crippen molar-refractivity contribution in [2.75, 3.05) is 26.3 Å². The highest BCUT2D eigenvalue weighted by atomic mass is 35.5. The number of hydrogen-bond donors (Lipinski definition) is 0. The molecule has 1 fully saturated rings. The fraction of sp³-hybridized carbons (Fsp3) is 0.435. The van der Waals surface area contributed by atoms with Crippen molar-refractivity contribution in [2.24, 2.45) is 0 Å². The van der Waals surface area contributed by atoms with Gasteiger partial charge in [-0.15, -0.1) is 0 Å². The van der Waals surface area contributed by atoms with Crippen molar-refractivity contribution in [1.29, 1.82) is 0 Å². The third-order valence-corrected chi connectivity index (χ3v) is 5.21. The van der Waals surface area contributed by atoms with E-state index in [0.29, 0.717) is 24.7 Å². The summed E-state index contributed by atoms with van der Waals surface area (Å²) in [5.74, 6) is 2.11. The number of hydrogen-bond acceptors (Lipinski definition) is 5. The van der Waals surface area contributed by atoms with Crippen LogP contribution < -0.4 is 9.47 Å². The lowest BCUT2D eigenvalue weighted by atomic mass is 10.1. The van der Waals surface area contributed by atoms with Gasteiger partial charge in [0.1, 0.15) is 23.9 Å². The quantitative estimate of drug-likeness (QED) is 0.489. The maximum atomic E-state index is 11.7. The van der Waals surface area contributed by atoms with Gasteiger partial charge in [-0.2, -0.15) is 0 Å². The Morgan fingerprint density at radius 3 is 2.21 bits per heavy atom. The average Bonchev–Trinajstić information content (AvgIpc) is 3.26. The van der Waals surface area contributed by atoms with Crippen LogP contribution in [0.4, 0.5) is 0 Å². The lowest BCUT2D eigenvalue weighted by Crippen LogP contribution is -2.38. The van der Waals surface area contributed by atoms with Crippen molar-refractivity contribution in [3.05, 3.63) is 53.6 Å². The molecule has 1 aliphatic rings. The molecule has 0 saturated carbocycles. The van der Waals surface area contributed by atoms with Crippen LogP contribution >= 0.6 is 11.6 Å². The van der Waals surface area contributed by atoms with E-state index in [4.69, 9.17) is 25.8 Å². The molecule has 2 aromatic rings. The standard InChI is InChI=1S/C23H28ClNO4/c1-2-27-23(26)14-7-19(25-15-3-4-16-25)17-28-20-10-12-22(13-11-20)29-21-8-5-18(24)6-9-21/h5-6,8-13,19H,2-4,7,14-17H2,1H3. The Kier molecular flexibility index (Phi) is 8.20. The molecular formula is C23H28ClNO4. The van der Waals surface area contributed by atoms with Crippen LogP contribution in [0.15, 0.2) is 48.5 Å². The van der Waals surface area contributed by atoms with Crippen LogP contribution in [0.25, 0.3) is 0 Å². The number of nitrogens with zero attached hydrogens (tertiary/aromatic N) is 1. The molecule has 0 radical (unpaired) electrons. The van der Waals surface area contributed by atoms with Crippen LogP contribution in [0.5, 0.6) is 17.2 Å². The lowest BCUT2D eigenvalue weighted by Gasteiger charge is -2.27. The predicted octanol–water partition coefficient (Wildman–Crippen LogP) is 5.32. The van der Waals surface area contributed by atoms with Crippen molar-refractivity contribution in [3.8, 4) is 17.2 Å². The van der Waals surface area contributed by atoms with Gasteiger partial charge in [0, 0.05) is 17.5 Å². The largest absolute Gasteiger partial charge is 0.492 e. The molecule has 1 saturated heterocycles. The van der Waals surface area contributed by atoms with E-state index in [0.717, 1.165) is 36.8 Å². The van der Waals surface area contributed by atoms with E-state index in [2.05, 4.69) is 4.90 Å². The Morgan fingerprint density at radius 1 is 1.00 bits per heavy atom. The summed E-state index contributed by atoms with van der Waals surface area (Å²) in [5.41, 5.74) is 0. The van der Waals surface area contributed by atoms with E-state index < -0.39 is 0 Å². The van der Waals surface area contributed by atoms with Gasteiger partial charge in [0.15, 0.2) is 0 Å². The topological polar surface area (TPSA) is 48.0 Å². The normalized spacial score (nSPS) is 15.1. The average molecular weight is 418 g/mol. The molecule has 1 heterocycles. The van der Waals surface area contributed by atoms with Gasteiger partial charge in [0.2, 0.25) is 0 Å². The van der Waals surface area contributed by atoms with Crippen LogP contribution in [0.2, 0.25) is 5.02 Å². The molecule has 0 N–H and O–H groups in total. The van der Waals surface area contributed by atoms with Crippen LogP contribution in [0.3, 0.4) is 0 Å². The molecule has 0 spiro atoms. The van der Waals surface area contributed by atoms with Crippen LogP contribution in [0.1, 0.15) is 32.6 Å². The number of carbonyl (C=O) groups is 1. The van der Waals surface area contributed by atoms with E-state index in [-0.39, 0.29) is 12.0 Å². The van der Waals surface area contributed by atoms with E-state index in [9.17, 15) is 4.79 Å². The number of rotatable bonds is 10. The maximum absolute atomic E-state index is 11.7. The molecule has 1 unspecified atom stereocenters. The second-order valence-electron chi connectivity index (χ2n) is 7.08. The number of benzene rings is 2. The molecule has 156 valence electrons. The predicted molar refractivity (Wildman–Crippen MR) is 114 cm³/mol. The molecule has 2 aromatic carbocycles. The first-order chi connectivity index (χ1) is 14.1. The molecule has 1 atom stereocenters. The Bertz CT molecular complexity index is 757. The minimum atomic E-state index is -0.139. The summed E-state index contributed by atoms with van der Waals surface area (Å²) in [4.78, 5) is 14.2. The summed E-state index contributed by atoms with van der Waals surface area (Å²) in [6.45, 7) is 4.93. The van der Waals surface area contributed by atoms with Crippen molar-refractivity contribution in [3.63, 3.8) is 0 Å². The van der Waals surface area contributed by atoms with Crippen molar-refractivity contribution < 1.29 is 19.0 Å². The molecule has 0 bridgehead atoms. The van der Waals surface area contributed by atoms with Crippen molar-refractivity contribution in [2.45, 2.75) is 38.6 Å². The molecule has 0 aliphatic carbocycles. The first-order valence-electron chi connectivity index (χ1n) is 10.2. The molecule has 29 heavy (non-hydrogen) atoms. The second-order valence-corrected chi connectivity index (χ2v) is 7.52. The number of carbonyl (C=O) groups excluding carboxylic acids is 1. The highest BCUT2D eigenvalue weighted by Crippen LogP contribution is 2.25. The summed E-state index contributed by atoms with van der Waals surface area (Å²) >= 11 is 5.90. The molecule has 0 amide bonds. The number of esters is 1. The van der Waals surface area contributed by atoms with E-state index in [1.54, 1.807) is 12.1 Å². The summed E-state index contributed by atoms with van der Waals surface area (Å²) in [7, 11) is 0. The minimum absolute atomic E-state index is 0.139. The van der Waals surface area contributed by atoms with Crippen LogP contribution in [-0.2, 0) is 9.53 Å². The zero-order valence-corrected chi connectivity index (χ0v) is 17.6. The third-order valence-electron chi connectivity index (χ3n) is 4.96. The Balaban J connectivity index is 1.52. The summed E-state index contributed by atoms with van der Waals surface area (Å²) in [6.07, 6.45) is 3.57. The maximum Gasteiger partial charge on any atom is 0.305 e. The fourth-order valence-corrected chi connectivity index (χ4v) is 3.56. The zero-order valence-electron chi connectivity index (χ0n) is 16.8. The molecule has 0 aromatic heterocycles. The van der Waals surface area contributed by atoms with Crippen LogP contribution in [0, 0.1) is 0 Å². The van der Waals surface area contributed by atoms with Crippen LogP contribution in [-0.4, -0.2) is 43.2 Å². The monoisotopic (exact) mass is 417 g/mol. The summed E-state index contributed by atoms with van der Waals surface area (Å²) in [5, 5.41) is 0.677. The summed E-state index contributed by atoms with van der Waals surface area (Å²) < 4.78 is 16.9. The first kappa shape index (κ1) is 21.5. The van der Waals surface area contributed by atoms with E-state index in [1.165, 1.54) is 12.8 Å². The first-order valence-corrected chi connectivity index (χ1v) is 10.6. The zero-order chi connectivity index (χ0) is 20.5. The van der Waals surface area contributed by atoms with Gasteiger partial charge in [0.05, 0.1) is 6.61 Å². The van der Waals surface area contributed by atoms with Gasteiger partial charge in [-0.25, -0.2) is 0 Å². The van der Waals surface area contributed by atoms with E-state index in [1.807, 2.05) is 43.3 Å². The highest BCUT2D eigenvalue weighted by molar-refractivity contribution is 6.30. The minimum Gasteiger partial charge on any atom is -0.492 e. The Morgan fingerprint density at radius 2 is 1.59 bits per heavy atom. The van der Waals surface area contributed by atoms with Crippen molar-refractivity contribution in [1.82, 2.24) is 4.90 Å². The molecule has 6 heteroatoms. The van der Waals surface area contributed by atoms with Gasteiger partial charge in [-0.1, -0.05) is 11.6 Å². The Hall–Kier alpha value is -2.24. The molecule has 3 rings (SSSR count). The molecule has 5 nitrogen and oxygen atoms in total. The van der Waals surface area contributed by atoms with Gasteiger partial charge in [0.25, 0.3) is 0 Å².